The highest BCUT2D eigenvalue weighted by atomic mass is 19.2. The largest absolute Gasteiger partial charge is 0.265 e. The van der Waals surface area contributed by atoms with Gasteiger partial charge in [-0.05, 0) is 6.92 Å². The van der Waals surface area contributed by atoms with Gasteiger partial charge in [0.05, 0.1) is 0 Å². The predicted octanol–water partition coefficient (Wildman–Crippen LogP) is 8.69. The van der Waals surface area contributed by atoms with E-state index in [9.17, 15) is 132 Å². The Morgan fingerprint density at radius 1 is 0.230 bits per heavy atom. The number of halogens is 30. The number of nitrogens with zero attached hydrogens (tertiary/aromatic N) is 2. The van der Waals surface area contributed by atoms with Gasteiger partial charge in [0.25, 0.3) is 13.4 Å². The Morgan fingerprint density at radius 3 is 0.432 bits per heavy atom. The summed E-state index contributed by atoms with van der Waals surface area (Å²) in [4.78, 5) is 3.75. The van der Waals surface area contributed by atoms with E-state index in [0.29, 0.717) is 0 Å². The Balaban J connectivity index is 0.000000245. The molecule has 6 aromatic carbocycles. The lowest BCUT2D eigenvalue weighted by atomic mass is 9.36. The standard InChI is InChI=1S/2C18BF15.C3H5N3/c2*20-4-1(5(21)11(27)16(32)10(4)26)19(2-6(22)12(28)17(33)13(29)7(2)23)3-8(24)14(30)18(34)15(31)9(3)25;1-3-4-2-5-6-3/h;;2H,1H3,(H,4,5,6). The molecule has 0 radical (unpaired) electrons. The molecule has 0 saturated carbocycles. The molecule has 0 aliphatic heterocycles. The van der Waals surface area contributed by atoms with Crippen LogP contribution in [0.2, 0.25) is 0 Å². The maximum absolute atomic E-state index is 14.4. The van der Waals surface area contributed by atoms with Crippen molar-refractivity contribution in [1.82, 2.24) is 15.2 Å². The molecule has 7 aromatic rings. The van der Waals surface area contributed by atoms with Crippen molar-refractivity contribution in [3.63, 3.8) is 0 Å². The third kappa shape index (κ3) is 9.27. The van der Waals surface area contributed by atoms with E-state index in [2.05, 4.69) is 15.2 Å². The average molecular weight is 1110 g/mol. The van der Waals surface area contributed by atoms with Gasteiger partial charge in [-0.15, -0.1) is 0 Å². The Hall–Kier alpha value is -7.51. The van der Waals surface area contributed by atoms with Crippen molar-refractivity contribution in [3.05, 3.63) is 187 Å². The number of hydrogen-bond donors (Lipinski definition) is 1. The second kappa shape index (κ2) is 21.1. The molecule has 1 aromatic heterocycles. The van der Waals surface area contributed by atoms with Crippen molar-refractivity contribution in [2.75, 3.05) is 0 Å². The lowest BCUT2D eigenvalue weighted by Gasteiger charge is -2.21. The van der Waals surface area contributed by atoms with Crippen LogP contribution in [0.4, 0.5) is 132 Å². The molecule has 7 rings (SSSR count). The fraction of sp³-hybridized carbons (Fsp3) is 0.0256. The van der Waals surface area contributed by atoms with E-state index in [4.69, 9.17) is 0 Å². The summed E-state index contributed by atoms with van der Waals surface area (Å²) < 4.78 is 417. The van der Waals surface area contributed by atoms with Crippen LogP contribution in [-0.2, 0) is 0 Å². The minimum absolute atomic E-state index is 0.856. The first-order valence-electron chi connectivity index (χ1n) is 18.1. The highest BCUT2D eigenvalue weighted by Crippen LogP contribution is 2.26. The lowest BCUT2D eigenvalue weighted by Crippen LogP contribution is -2.60. The molecular formula is C39H5B2F30N3. The van der Waals surface area contributed by atoms with E-state index in [-0.39, 0.29) is 0 Å². The van der Waals surface area contributed by atoms with E-state index < -0.39 is 221 Å². The van der Waals surface area contributed by atoms with Crippen molar-refractivity contribution in [2.45, 2.75) is 6.92 Å². The van der Waals surface area contributed by atoms with Gasteiger partial charge in [0.2, 0.25) is 0 Å². The normalized spacial score (nSPS) is 11.2. The summed E-state index contributed by atoms with van der Waals surface area (Å²) in [6.45, 7) is -6.06. The Morgan fingerprint density at radius 2 is 0.351 bits per heavy atom. The van der Waals surface area contributed by atoms with Crippen LogP contribution in [0.25, 0.3) is 0 Å². The first kappa shape index (κ1) is 57.4. The van der Waals surface area contributed by atoms with Crippen LogP contribution in [0.1, 0.15) is 5.82 Å². The molecule has 0 saturated heterocycles. The van der Waals surface area contributed by atoms with Crippen LogP contribution >= 0.6 is 0 Å². The van der Waals surface area contributed by atoms with Crippen LogP contribution in [0.3, 0.4) is 0 Å². The molecule has 3 nitrogen and oxygen atoms in total. The number of aromatic nitrogens is 3. The molecule has 0 aliphatic carbocycles. The number of aryl methyl sites for hydroxylation is 1. The summed E-state index contributed by atoms with van der Waals surface area (Å²) in [5.41, 5.74) is -16.1. The van der Waals surface area contributed by atoms with E-state index in [1.807, 2.05) is 6.92 Å². The molecule has 0 amide bonds. The van der Waals surface area contributed by atoms with Gasteiger partial charge in [-0.1, -0.05) is 0 Å². The molecule has 392 valence electrons. The van der Waals surface area contributed by atoms with Crippen molar-refractivity contribution < 1.29 is 132 Å². The van der Waals surface area contributed by atoms with Gasteiger partial charge in [0, 0.05) is 32.8 Å². The van der Waals surface area contributed by atoms with Crippen molar-refractivity contribution in [1.29, 1.82) is 0 Å². The number of aromatic amines is 1. The second-order valence-corrected chi connectivity index (χ2v) is 13.8. The van der Waals surface area contributed by atoms with E-state index in [1.165, 1.54) is 6.33 Å². The molecule has 74 heavy (non-hydrogen) atoms. The topological polar surface area (TPSA) is 41.6 Å². The van der Waals surface area contributed by atoms with Gasteiger partial charge in [0.15, 0.2) is 175 Å². The minimum atomic E-state index is -3.96. The van der Waals surface area contributed by atoms with Crippen LogP contribution in [-0.4, -0.2) is 28.6 Å². The third-order valence-corrected chi connectivity index (χ3v) is 9.73. The van der Waals surface area contributed by atoms with Crippen LogP contribution in [0.15, 0.2) is 6.33 Å². The molecule has 0 aliphatic rings. The van der Waals surface area contributed by atoms with Gasteiger partial charge in [0.1, 0.15) is 12.2 Å². The second-order valence-electron chi connectivity index (χ2n) is 13.8. The molecule has 1 heterocycles. The summed E-state index contributed by atoms with van der Waals surface area (Å²) in [6, 6.07) is 0. The first-order chi connectivity index (χ1) is 34.2. The maximum atomic E-state index is 14.4. The summed E-state index contributed by atoms with van der Waals surface area (Å²) in [5, 5.41) is 6.22. The average Bonchev–Trinajstić information content (AvgIpc) is 3.86. The van der Waals surface area contributed by atoms with Gasteiger partial charge < -0.3 is 0 Å². The lowest BCUT2D eigenvalue weighted by molar-refractivity contribution is 0.380. The summed E-state index contributed by atoms with van der Waals surface area (Å²) >= 11 is 0. The molecule has 0 atom stereocenters. The van der Waals surface area contributed by atoms with E-state index >= 15 is 0 Å². The summed E-state index contributed by atoms with van der Waals surface area (Å²) in [5.74, 6) is -89.6. The van der Waals surface area contributed by atoms with E-state index in [0.717, 1.165) is 5.82 Å². The van der Waals surface area contributed by atoms with Gasteiger partial charge in [-0.25, -0.2) is 137 Å². The quantitative estimate of drug-likeness (QED) is 0.0785. The van der Waals surface area contributed by atoms with E-state index in [1.54, 1.807) is 0 Å². The van der Waals surface area contributed by atoms with Gasteiger partial charge >= 0.3 is 0 Å². The monoisotopic (exact) mass is 1110 g/mol. The molecule has 0 spiro atoms. The zero-order valence-electron chi connectivity index (χ0n) is 34.0. The summed E-state index contributed by atoms with van der Waals surface area (Å²) in [7, 11) is 0. The highest BCUT2D eigenvalue weighted by molar-refractivity contribution is 6.96. The zero-order valence-corrected chi connectivity index (χ0v) is 34.0. The summed E-state index contributed by atoms with van der Waals surface area (Å²) in [6.07, 6.45) is 1.48. The number of hydrogen-bond acceptors (Lipinski definition) is 2. The maximum Gasteiger partial charge on any atom is 0.265 e. The number of H-pyrrole nitrogens is 1. The van der Waals surface area contributed by atoms with Gasteiger partial charge in [-0.2, -0.15) is 5.10 Å². The van der Waals surface area contributed by atoms with Crippen molar-refractivity contribution in [2.24, 2.45) is 0 Å². The first-order valence-corrected chi connectivity index (χ1v) is 18.1. The fourth-order valence-corrected chi connectivity index (χ4v) is 6.38. The van der Waals surface area contributed by atoms with Crippen LogP contribution < -0.4 is 32.8 Å². The van der Waals surface area contributed by atoms with Crippen LogP contribution in [0.5, 0.6) is 0 Å². The Labute approximate surface area is 386 Å². The number of rotatable bonds is 6. The van der Waals surface area contributed by atoms with Gasteiger partial charge in [-0.3, -0.25) is 5.10 Å². The third-order valence-electron chi connectivity index (χ3n) is 9.73. The Kier molecular flexibility index (Phi) is 16.4. The minimum Gasteiger partial charge on any atom is -0.264 e. The van der Waals surface area contributed by atoms with Crippen molar-refractivity contribution >= 4 is 46.2 Å². The zero-order chi connectivity index (χ0) is 56.3. The highest BCUT2D eigenvalue weighted by Gasteiger charge is 2.47. The number of benzene rings is 6. The SMILES string of the molecule is Cc1ncn[nH]1.Fc1c(F)c(F)c(B(c2c(F)c(F)c(F)c(F)c2F)c2c(F)c(F)c(F)c(F)c2F)c(F)c1F.Fc1c(F)c(F)c(B(c2c(F)c(F)c(F)c(F)c2F)c2c(F)c(F)c(F)c(F)c2F)c(F)c1F. The van der Waals surface area contributed by atoms with Crippen molar-refractivity contribution in [3.8, 4) is 0 Å². The molecule has 35 heteroatoms. The van der Waals surface area contributed by atoms with Crippen LogP contribution in [0, 0.1) is 181 Å². The predicted molar refractivity (Wildman–Crippen MR) is 188 cm³/mol. The molecule has 1 N–H and O–H groups in total. The smallest absolute Gasteiger partial charge is 0.264 e. The number of nitrogens with one attached hydrogen (secondary N) is 1. The molecule has 0 bridgehead atoms. The Bertz CT molecular complexity index is 2730. The molecule has 0 unspecified atom stereocenters. The molecular weight excluding hydrogens is 1100 g/mol. The fourth-order valence-electron chi connectivity index (χ4n) is 6.38. The molecule has 0 fully saturated rings.